The molecule has 0 radical (unpaired) electrons. The van der Waals surface area contributed by atoms with Gasteiger partial charge in [-0.25, -0.2) is 14.4 Å². The van der Waals surface area contributed by atoms with E-state index in [4.69, 9.17) is 10.5 Å². The first kappa shape index (κ1) is 22.3. The lowest BCUT2D eigenvalue weighted by molar-refractivity contribution is -0.138. The highest BCUT2D eigenvalue weighted by Crippen LogP contribution is 2.47. The summed E-state index contributed by atoms with van der Waals surface area (Å²) in [7, 11) is 1.63. The Bertz CT molecular complexity index is 1210. The van der Waals surface area contributed by atoms with Crippen molar-refractivity contribution < 1.29 is 13.9 Å². The molecule has 1 aromatic heterocycles. The number of benzene rings is 2. The highest BCUT2D eigenvalue weighted by molar-refractivity contribution is 5.89. The standard InChI is InChI=1S/C27H29FN4O2/c1-34-19-9-6-8-18(16-19)20-17-30-26(29)31-24(20)23-12-7-15-32(23)25(33)27(13-4-5-14-27)21-10-2-3-11-22(21)28/h2-3,6,8-11,16-17,23H,4-5,7,12-15H2,1H3,(H2,29,30,31)/t23-/m1/s1. The molecule has 7 heteroatoms. The lowest BCUT2D eigenvalue weighted by Crippen LogP contribution is -2.45. The van der Waals surface area contributed by atoms with Crippen LogP contribution in [0, 0.1) is 5.82 Å². The molecule has 176 valence electrons. The highest BCUT2D eigenvalue weighted by atomic mass is 19.1. The van der Waals surface area contributed by atoms with Gasteiger partial charge in [-0.15, -0.1) is 0 Å². The van der Waals surface area contributed by atoms with Crippen LogP contribution in [-0.4, -0.2) is 34.4 Å². The molecule has 0 unspecified atom stereocenters. The molecule has 6 nitrogen and oxygen atoms in total. The summed E-state index contributed by atoms with van der Waals surface area (Å²) >= 11 is 0. The van der Waals surface area contributed by atoms with Crippen LogP contribution < -0.4 is 10.5 Å². The van der Waals surface area contributed by atoms with Crippen LogP contribution in [0.2, 0.25) is 0 Å². The van der Waals surface area contributed by atoms with Crippen LogP contribution in [0.15, 0.2) is 54.7 Å². The van der Waals surface area contributed by atoms with Gasteiger partial charge in [0.2, 0.25) is 11.9 Å². The summed E-state index contributed by atoms with van der Waals surface area (Å²) in [6, 6.07) is 14.2. The first-order valence-electron chi connectivity index (χ1n) is 11.9. The van der Waals surface area contributed by atoms with Crippen LogP contribution in [0.25, 0.3) is 11.1 Å². The summed E-state index contributed by atoms with van der Waals surface area (Å²) in [6.07, 6.45) is 6.48. The van der Waals surface area contributed by atoms with E-state index in [1.165, 1.54) is 6.07 Å². The number of rotatable bonds is 5. The molecule has 1 saturated heterocycles. The average molecular weight is 461 g/mol. The number of anilines is 1. The van der Waals surface area contributed by atoms with Gasteiger partial charge in [0.25, 0.3) is 0 Å². The molecule has 2 aliphatic rings. The van der Waals surface area contributed by atoms with E-state index in [0.717, 1.165) is 48.3 Å². The quantitative estimate of drug-likeness (QED) is 0.576. The van der Waals surface area contributed by atoms with Gasteiger partial charge in [0.15, 0.2) is 0 Å². The van der Waals surface area contributed by atoms with E-state index in [9.17, 15) is 9.18 Å². The monoisotopic (exact) mass is 460 g/mol. The van der Waals surface area contributed by atoms with Gasteiger partial charge in [-0.3, -0.25) is 4.79 Å². The van der Waals surface area contributed by atoms with E-state index in [1.54, 1.807) is 25.4 Å². The number of methoxy groups -OCH3 is 1. The van der Waals surface area contributed by atoms with Crippen molar-refractivity contribution in [2.24, 2.45) is 0 Å². The largest absolute Gasteiger partial charge is 0.497 e. The molecule has 1 amide bonds. The number of nitrogens with two attached hydrogens (primary N) is 1. The minimum absolute atomic E-state index is 0.00799. The SMILES string of the molecule is COc1cccc(-c2cnc(N)nc2[C@H]2CCCN2C(=O)C2(c3ccccc3F)CCCC2)c1. The Morgan fingerprint density at radius 3 is 2.71 bits per heavy atom. The highest BCUT2D eigenvalue weighted by Gasteiger charge is 2.49. The van der Waals surface area contributed by atoms with Crippen molar-refractivity contribution in [1.29, 1.82) is 0 Å². The van der Waals surface area contributed by atoms with E-state index >= 15 is 0 Å². The molecule has 0 spiro atoms. The van der Waals surface area contributed by atoms with E-state index < -0.39 is 5.41 Å². The molecule has 2 heterocycles. The minimum atomic E-state index is -0.831. The fourth-order valence-corrected chi connectivity index (χ4v) is 5.67. The molecule has 5 rings (SSSR count). The van der Waals surface area contributed by atoms with Crippen molar-refractivity contribution in [2.75, 3.05) is 19.4 Å². The molecular weight excluding hydrogens is 431 g/mol. The fraction of sp³-hybridized carbons (Fsp3) is 0.370. The van der Waals surface area contributed by atoms with Gasteiger partial charge in [0.05, 0.1) is 24.3 Å². The van der Waals surface area contributed by atoms with E-state index in [1.807, 2.05) is 35.2 Å². The third-order valence-electron chi connectivity index (χ3n) is 7.30. The van der Waals surface area contributed by atoms with Crippen LogP contribution in [0.1, 0.15) is 55.8 Å². The summed E-state index contributed by atoms with van der Waals surface area (Å²) in [6.45, 7) is 0.612. The molecule has 2 aromatic carbocycles. The van der Waals surface area contributed by atoms with Gasteiger partial charge >= 0.3 is 0 Å². The van der Waals surface area contributed by atoms with Gasteiger partial charge < -0.3 is 15.4 Å². The summed E-state index contributed by atoms with van der Waals surface area (Å²) in [4.78, 5) is 25.0. The number of ether oxygens (including phenoxy) is 1. The number of carbonyl (C=O) groups is 1. The Morgan fingerprint density at radius 2 is 1.94 bits per heavy atom. The lowest BCUT2D eigenvalue weighted by Gasteiger charge is -2.36. The number of halogens is 1. The van der Waals surface area contributed by atoms with Crippen LogP contribution in [-0.2, 0) is 10.2 Å². The number of carbonyl (C=O) groups excluding carboxylic acids is 1. The van der Waals surface area contributed by atoms with Crippen LogP contribution in [0.4, 0.5) is 10.3 Å². The topological polar surface area (TPSA) is 81.3 Å². The Kier molecular flexibility index (Phi) is 5.94. The maximum Gasteiger partial charge on any atom is 0.233 e. The first-order valence-corrected chi connectivity index (χ1v) is 11.9. The summed E-state index contributed by atoms with van der Waals surface area (Å²) in [5.74, 6) is 0.581. The maximum atomic E-state index is 14.9. The zero-order valence-corrected chi connectivity index (χ0v) is 19.3. The third-order valence-corrected chi connectivity index (χ3v) is 7.30. The van der Waals surface area contributed by atoms with Crippen LogP contribution in [0.5, 0.6) is 5.75 Å². The molecular formula is C27H29FN4O2. The van der Waals surface area contributed by atoms with Crippen molar-refractivity contribution in [3.63, 3.8) is 0 Å². The smallest absolute Gasteiger partial charge is 0.233 e. The number of nitrogens with zero attached hydrogens (tertiary/aromatic N) is 3. The second-order valence-electron chi connectivity index (χ2n) is 9.18. The van der Waals surface area contributed by atoms with Gasteiger partial charge in [0.1, 0.15) is 11.6 Å². The van der Waals surface area contributed by atoms with Crippen molar-refractivity contribution in [3.05, 3.63) is 71.8 Å². The Hall–Kier alpha value is -3.48. The van der Waals surface area contributed by atoms with Gasteiger partial charge in [-0.2, -0.15) is 0 Å². The molecule has 1 saturated carbocycles. The lowest BCUT2D eigenvalue weighted by atomic mass is 9.77. The average Bonchev–Trinajstić information content (AvgIpc) is 3.55. The molecule has 34 heavy (non-hydrogen) atoms. The van der Waals surface area contributed by atoms with Gasteiger partial charge in [-0.05, 0) is 49.4 Å². The van der Waals surface area contributed by atoms with Crippen molar-refractivity contribution in [2.45, 2.75) is 50.0 Å². The summed E-state index contributed by atoms with van der Waals surface area (Å²) in [5, 5.41) is 0. The normalized spacial score (nSPS) is 19.4. The van der Waals surface area contributed by atoms with Gasteiger partial charge in [0, 0.05) is 23.9 Å². The summed E-state index contributed by atoms with van der Waals surface area (Å²) < 4.78 is 20.3. The molecule has 2 N–H and O–H groups in total. The zero-order valence-electron chi connectivity index (χ0n) is 19.3. The fourth-order valence-electron chi connectivity index (χ4n) is 5.67. The maximum absolute atomic E-state index is 14.9. The Morgan fingerprint density at radius 1 is 1.15 bits per heavy atom. The second kappa shape index (κ2) is 9.05. The van der Waals surface area contributed by atoms with Crippen LogP contribution in [0.3, 0.4) is 0 Å². The Labute approximate surface area is 199 Å². The number of aromatic nitrogens is 2. The molecule has 1 aliphatic carbocycles. The second-order valence-corrected chi connectivity index (χ2v) is 9.18. The number of hydrogen-bond donors (Lipinski definition) is 1. The molecule has 1 atom stereocenters. The molecule has 3 aromatic rings. The van der Waals surface area contributed by atoms with Crippen molar-refractivity contribution >= 4 is 11.9 Å². The Balaban J connectivity index is 1.57. The van der Waals surface area contributed by atoms with E-state index in [2.05, 4.69) is 9.97 Å². The van der Waals surface area contributed by atoms with Crippen molar-refractivity contribution in [3.8, 4) is 16.9 Å². The van der Waals surface area contributed by atoms with E-state index in [0.29, 0.717) is 24.9 Å². The number of hydrogen-bond acceptors (Lipinski definition) is 5. The summed E-state index contributed by atoms with van der Waals surface area (Å²) in [5.41, 5.74) is 8.15. The zero-order chi connectivity index (χ0) is 23.7. The van der Waals surface area contributed by atoms with Crippen molar-refractivity contribution in [1.82, 2.24) is 14.9 Å². The third kappa shape index (κ3) is 3.79. The predicted molar refractivity (Wildman–Crippen MR) is 129 cm³/mol. The van der Waals surface area contributed by atoms with Crippen LogP contribution >= 0.6 is 0 Å². The molecule has 1 aliphatic heterocycles. The van der Waals surface area contributed by atoms with E-state index in [-0.39, 0.29) is 23.7 Å². The predicted octanol–water partition coefficient (Wildman–Crippen LogP) is 5.05. The minimum Gasteiger partial charge on any atom is -0.497 e. The number of amides is 1. The molecule has 2 fully saturated rings. The molecule has 0 bridgehead atoms. The number of nitrogen functional groups attached to an aromatic ring is 1. The number of likely N-dealkylation sites (tertiary alicyclic amines) is 1. The first-order chi connectivity index (χ1) is 16.5. The van der Waals surface area contributed by atoms with Gasteiger partial charge in [-0.1, -0.05) is 43.2 Å².